The molecule has 0 spiro atoms. The molecule has 0 N–H and O–H groups in total. The summed E-state index contributed by atoms with van der Waals surface area (Å²) in [7, 11) is 0. The zero-order valence-corrected chi connectivity index (χ0v) is 17.9. The smallest absolute Gasteiger partial charge is 0.0973 e. The highest BCUT2D eigenvalue weighted by molar-refractivity contribution is 6.02. The number of fused-ring (bicyclic) bond motifs is 1. The maximum atomic E-state index is 5.05. The number of aryl methyl sites for hydroxylation is 5. The van der Waals surface area contributed by atoms with Crippen LogP contribution in [0.3, 0.4) is 0 Å². The summed E-state index contributed by atoms with van der Waals surface area (Å²) in [4.78, 5) is 10.0. The van der Waals surface area contributed by atoms with Gasteiger partial charge in [-0.3, -0.25) is 9.97 Å². The molecule has 1 aromatic carbocycles. The number of hydrogen-bond donors (Lipinski definition) is 0. The lowest BCUT2D eigenvalue weighted by Crippen LogP contribution is -2.05. The van der Waals surface area contributed by atoms with Crippen LogP contribution in [0, 0.1) is 69.2 Å². The van der Waals surface area contributed by atoms with Crippen LogP contribution in [-0.2, 0) is 0 Å². The van der Waals surface area contributed by atoms with Crippen molar-refractivity contribution in [1.82, 2.24) is 9.97 Å². The van der Waals surface area contributed by atoms with Gasteiger partial charge in [-0.2, -0.15) is 0 Å². The van der Waals surface area contributed by atoms with E-state index in [4.69, 9.17) is 9.97 Å². The number of pyridine rings is 2. The van der Waals surface area contributed by atoms with Crippen molar-refractivity contribution < 1.29 is 0 Å². The summed E-state index contributed by atoms with van der Waals surface area (Å²) in [6, 6.07) is 0. The van der Waals surface area contributed by atoms with Crippen LogP contribution in [0.15, 0.2) is 0 Å². The Labute approximate surface area is 157 Å². The second-order valence-electron chi connectivity index (χ2n) is 7.84. The maximum absolute atomic E-state index is 5.05. The summed E-state index contributed by atoms with van der Waals surface area (Å²) in [5.41, 5.74) is 14.8. The molecule has 0 atom stereocenters. The molecule has 0 bridgehead atoms. The average Bonchev–Trinajstić information content (AvgIpc) is 2.61. The molecule has 2 nitrogen and oxygen atoms in total. The number of hydrogen-bond acceptors (Lipinski definition) is 2. The van der Waals surface area contributed by atoms with Gasteiger partial charge in [-0.25, -0.2) is 0 Å². The molecule has 0 saturated carbocycles. The maximum Gasteiger partial charge on any atom is 0.0973 e. The van der Waals surface area contributed by atoms with Crippen LogP contribution in [0.2, 0.25) is 0 Å². The third-order valence-corrected chi connectivity index (χ3v) is 6.65. The Kier molecular flexibility index (Phi) is 4.42. The molecule has 2 aromatic heterocycles. The Hall–Kier alpha value is -2.22. The standard InChI is InChI=1S/C24H30N2/c1-11-12(2)16(6)22-21(15(11)5)18(8)20(10)26-24(22)23-17(7)13(3)14(4)19(9)25-23/h1-10H3. The Morgan fingerprint density at radius 1 is 0.346 bits per heavy atom. The van der Waals surface area contributed by atoms with E-state index in [9.17, 15) is 0 Å². The lowest BCUT2D eigenvalue weighted by Gasteiger charge is -2.21. The van der Waals surface area contributed by atoms with Gasteiger partial charge in [-0.05, 0) is 119 Å². The van der Waals surface area contributed by atoms with E-state index >= 15 is 0 Å². The van der Waals surface area contributed by atoms with Crippen LogP contribution in [0.25, 0.3) is 22.2 Å². The molecule has 3 rings (SSSR count). The van der Waals surface area contributed by atoms with Crippen molar-refractivity contribution in [2.24, 2.45) is 0 Å². The minimum atomic E-state index is 1.03. The quantitative estimate of drug-likeness (QED) is 0.511. The molecular weight excluding hydrogens is 316 g/mol. The van der Waals surface area contributed by atoms with Crippen LogP contribution in [0.5, 0.6) is 0 Å². The molecule has 0 fully saturated rings. The fraction of sp³-hybridized carbons (Fsp3) is 0.417. The first-order valence-corrected chi connectivity index (χ1v) is 9.39. The Balaban J connectivity index is 2.60. The summed E-state index contributed by atoms with van der Waals surface area (Å²) >= 11 is 0. The Morgan fingerprint density at radius 2 is 0.769 bits per heavy atom. The van der Waals surface area contributed by atoms with Crippen molar-refractivity contribution in [3.63, 3.8) is 0 Å². The van der Waals surface area contributed by atoms with Gasteiger partial charge < -0.3 is 0 Å². The second kappa shape index (κ2) is 6.19. The lowest BCUT2D eigenvalue weighted by molar-refractivity contribution is 1.07. The summed E-state index contributed by atoms with van der Waals surface area (Å²) in [6.07, 6.45) is 0. The monoisotopic (exact) mass is 346 g/mol. The second-order valence-corrected chi connectivity index (χ2v) is 7.84. The zero-order chi connectivity index (χ0) is 19.5. The molecule has 0 amide bonds. The summed E-state index contributed by atoms with van der Waals surface area (Å²) < 4.78 is 0. The van der Waals surface area contributed by atoms with E-state index in [1.165, 1.54) is 55.3 Å². The van der Waals surface area contributed by atoms with Gasteiger partial charge in [0.1, 0.15) is 0 Å². The van der Waals surface area contributed by atoms with Crippen LogP contribution in [0.1, 0.15) is 55.9 Å². The van der Waals surface area contributed by atoms with Crippen molar-refractivity contribution in [2.75, 3.05) is 0 Å². The van der Waals surface area contributed by atoms with E-state index in [1.54, 1.807) is 0 Å². The molecular formula is C24H30N2. The van der Waals surface area contributed by atoms with Gasteiger partial charge in [0.05, 0.1) is 11.4 Å². The molecule has 3 aromatic rings. The first kappa shape index (κ1) is 18.6. The third-order valence-electron chi connectivity index (χ3n) is 6.65. The largest absolute Gasteiger partial charge is 0.251 e. The molecule has 0 aliphatic carbocycles. The number of benzene rings is 1. The molecule has 0 saturated heterocycles. The van der Waals surface area contributed by atoms with Gasteiger partial charge >= 0.3 is 0 Å². The van der Waals surface area contributed by atoms with Crippen LogP contribution >= 0.6 is 0 Å². The van der Waals surface area contributed by atoms with Crippen molar-refractivity contribution in [2.45, 2.75) is 69.2 Å². The molecule has 2 heterocycles. The van der Waals surface area contributed by atoms with Gasteiger partial charge in [0.2, 0.25) is 0 Å². The first-order chi connectivity index (χ1) is 12.1. The van der Waals surface area contributed by atoms with Crippen LogP contribution in [0.4, 0.5) is 0 Å². The van der Waals surface area contributed by atoms with E-state index in [0.717, 1.165) is 22.8 Å². The molecule has 2 heteroatoms. The number of aromatic nitrogens is 2. The van der Waals surface area contributed by atoms with Gasteiger partial charge in [0, 0.05) is 16.8 Å². The SMILES string of the molecule is Cc1nc(-c2nc(C)c(C)c3c(C)c(C)c(C)c(C)c23)c(C)c(C)c1C. The molecule has 0 aliphatic heterocycles. The van der Waals surface area contributed by atoms with Crippen LogP contribution in [-0.4, -0.2) is 9.97 Å². The Bertz CT molecular complexity index is 1070. The molecule has 26 heavy (non-hydrogen) atoms. The first-order valence-electron chi connectivity index (χ1n) is 9.39. The predicted octanol–water partition coefficient (Wildman–Crippen LogP) is 6.38. The third kappa shape index (κ3) is 2.46. The summed E-state index contributed by atoms with van der Waals surface area (Å²) in [5.74, 6) is 0. The van der Waals surface area contributed by atoms with Gasteiger partial charge in [0.15, 0.2) is 0 Å². The van der Waals surface area contributed by atoms with Gasteiger partial charge in [0.25, 0.3) is 0 Å². The molecule has 136 valence electrons. The number of nitrogens with zero attached hydrogens (tertiary/aromatic N) is 2. The topological polar surface area (TPSA) is 25.8 Å². The minimum Gasteiger partial charge on any atom is -0.251 e. The van der Waals surface area contributed by atoms with Gasteiger partial charge in [-0.1, -0.05) is 0 Å². The average molecular weight is 347 g/mol. The molecule has 0 aliphatic rings. The van der Waals surface area contributed by atoms with E-state index in [2.05, 4.69) is 69.2 Å². The fourth-order valence-electron chi connectivity index (χ4n) is 4.03. The lowest BCUT2D eigenvalue weighted by atomic mass is 9.87. The highest BCUT2D eigenvalue weighted by Crippen LogP contribution is 2.39. The highest BCUT2D eigenvalue weighted by atomic mass is 14.8. The highest BCUT2D eigenvalue weighted by Gasteiger charge is 2.21. The van der Waals surface area contributed by atoms with Crippen molar-refractivity contribution in [3.05, 3.63) is 55.9 Å². The van der Waals surface area contributed by atoms with Crippen molar-refractivity contribution in [1.29, 1.82) is 0 Å². The van der Waals surface area contributed by atoms with E-state index in [-0.39, 0.29) is 0 Å². The number of rotatable bonds is 1. The van der Waals surface area contributed by atoms with Crippen molar-refractivity contribution in [3.8, 4) is 11.4 Å². The normalized spacial score (nSPS) is 11.5. The van der Waals surface area contributed by atoms with E-state index in [0.29, 0.717) is 0 Å². The summed E-state index contributed by atoms with van der Waals surface area (Å²) in [5, 5.41) is 2.62. The van der Waals surface area contributed by atoms with E-state index < -0.39 is 0 Å². The minimum absolute atomic E-state index is 1.03. The molecule has 0 unspecified atom stereocenters. The van der Waals surface area contributed by atoms with E-state index in [1.807, 2.05) is 0 Å². The van der Waals surface area contributed by atoms with Gasteiger partial charge in [-0.15, -0.1) is 0 Å². The van der Waals surface area contributed by atoms with Crippen LogP contribution < -0.4 is 0 Å². The Morgan fingerprint density at radius 3 is 1.35 bits per heavy atom. The summed E-state index contributed by atoms with van der Waals surface area (Å²) in [6.45, 7) is 21.9. The zero-order valence-electron chi connectivity index (χ0n) is 17.9. The van der Waals surface area contributed by atoms with Crippen molar-refractivity contribution >= 4 is 10.8 Å². The fourth-order valence-corrected chi connectivity index (χ4v) is 4.03. The molecule has 0 radical (unpaired) electrons. The predicted molar refractivity (Wildman–Crippen MR) is 112 cm³/mol.